The van der Waals surface area contributed by atoms with Gasteiger partial charge in [-0.05, 0) is 39.0 Å². The maximum Gasteiger partial charge on any atom is 0.407 e. The van der Waals surface area contributed by atoms with Crippen molar-refractivity contribution >= 4 is 51.7 Å². The summed E-state index contributed by atoms with van der Waals surface area (Å²) in [6.45, 7) is 6.56. The van der Waals surface area contributed by atoms with E-state index >= 15 is 0 Å². The second kappa shape index (κ2) is 11.2. The van der Waals surface area contributed by atoms with E-state index in [1.807, 2.05) is 20.8 Å². The van der Waals surface area contributed by atoms with Crippen molar-refractivity contribution in [3.05, 3.63) is 46.5 Å². The summed E-state index contributed by atoms with van der Waals surface area (Å²) in [6.07, 6.45) is 2.63. The third kappa shape index (κ3) is 6.57. The maximum atomic E-state index is 14.7. The summed E-state index contributed by atoms with van der Waals surface area (Å²) < 4.78 is 38.1. The summed E-state index contributed by atoms with van der Waals surface area (Å²) in [6, 6.07) is 6.47. The van der Waals surface area contributed by atoms with Crippen LogP contribution in [0.4, 0.5) is 20.7 Å². The fourth-order valence-corrected chi connectivity index (χ4v) is 4.63. The van der Waals surface area contributed by atoms with Gasteiger partial charge in [0.1, 0.15) is 30.0 Å². The lowest BCUT2D eigenvalue weighted by Gasteiger charge is -2.36. The first-order chi connectivity index (χ1) is 18.6. The first kappa shape index (κ1) is 27.5. The molecule has 0 bridgehead atoms. The molecule has 2 fully saturated rings. The SMILES string of the molecule is CC(C)(C)OC(=O)NC1CC(Oc2cc3c(Nc4ccc(Cl)c(Cl)c4F)ncnc3cc2O[C@H]2CCOC2)C1. The molecule has 208 valence electrons. The Kier molecular flexibility index (Phi) is 7.89. The fraction of sp³-hybridized carbons (Fsp3) is 0.444. The summed E-state index contributed by atoms with van der Waals surface area (Å²) in [5.74, 6) is 0.678. The Hall–Kier alpha value is -3.08. The highest BCUT2D eigenvalue weighted by Gasteiger charge is 2.34. The number of benzene rings is 2. The van der Waals surface area contributed by atoms with Crippen molar-refractivity contribution in [3.63, 3.8) is 0 Å². The van der Waals surface area contributed by atoms with Crippen LogP contribution in [0.15, 0.2) is 30.6 Å². The van der Waals surface area contributed by atoms with Crippen LogP contribution in [0, 0.1) is 5.82 Å². The molecule has 1 aromatic heterocycles. The van der Waals surface area contributed by atoms with E-state index in [1.54, 1.807) is 12.1 Å². The van der Waals surface area contributed by atoms with Crippen LogP contribution in [0.1, 0.15) is 40.0 Å². The Labute approximate surface area is 235 Å². The lowest BCUT2D eigenvalue weighted by Crippen LogP contribution is -2.50. The van der Waals surface area contributed by atoms with Crippen LogP contribution in [-0.4, -0.2) is 53.1 Å². The molecule has 12 heteroatoms. The molecule has 1 saturated heterocycles. The molecule has 2 N–H and O–H groups in total. The lowest BCUT2D eigenvalue weighted by atomic mass is 9.89. The Morgan fingerprint density at radius 2 is 1.85 bits per heavy atom. The molecule has 3 aromatic rings. The van der Waals surface area contributed by atoms with Crippen LogP contribution >= 0.6 is 23.2 Å². The van der Waals surface area contributed by atoms with E-state index in [4.69, 9.17) is 42.1 Å². The van der Waals surface area contributed by atoms with Crippen molar-refractivity contribution < 1.29 is 28.1 Å². The number of halogens is 3. The number of anilines is 2. The van der Waals surface area contributed by atoms with Crippen LogP contribution in [-0.2, 0) is 9.47 Å². The average Bonchev–Trinajstić information content (AvgIpc) is 3.35. The predicted octanol–water partition coefficient (Wildman–Crippen LogP) is 6.42. The van der Waals surface area contributed by atoms with Crippen LogP contribution in [0.25, 0.3) is 10.9 Å². The number of amides is 1. The molecule has 1 saturated carbocycles. The van der Waals surface area contributed by atoms with Crippen LogP contribution in [0.2, 0.25) is 10.0 Å². The number of nitrogens with one attached hydrogen (secondary N) is 2. The van der Waals surface area contributed by atoms with Crippen molar-refractivity contribution in [1.29, 1.82) is 0 Å². The molecular weight excluding hydrogens is 550 g/mol. The van der Waals surface area contributed by atoms with Gasteiger partial charge in [-0.3, -0.25) is 0 Å². The third-order valence-corrected chi connectivity index (χ3v) is 7.06. The summed E-state index contributed by atoms with van der Waals surface area (Å²) in [7, 11) is 0. The van der Waals surface area contributed by atoms with Crippen LogP contribution in [0.3, 0.4) is 0 Å². The van der Waals surface area contributed by atoms with Gasteiger partial charge in [-0.2, -0.15) is 0 Å². The Bertz CT molecular complexity index is 1370. The van der Waals surface area contributed by atoms with Crippen LogP contribution in [0.5, 0.6) is 11.5 Å². The minimum Gasteiger partial charge on any atom is -0.486 e. The Balaban J connectivity index is 1.38. The number of aromatic nitrogens is 2. The topological polar surface area (TPSA) is 104 Å². The molecule has 0 spiro atoms. The number of fused-ring (bicyclic) bond motifs is 1. The number of ether oxygens (including phenoxy) is 4. The van der Waals surface area contributed by atoms with E-state index in [0.29, 0.717) is 54.3 Å². The zero-order valence-corrected chi connectivity index (χ0v) is 23.2. The first-order valence-electron chi connectivity index (χ1n) is 12.7. The highest BCUT2D eigenvalue weighted by Crippen LogP contribution is 2.39. The zero-order valence-electron chi connectivity index (χ0n) is 21.7. The Morgan fingerprint density at radius 3 is 2.56 bits per heavy atom. The number of nitrogens with zero attached hydrogens (tertiary/aromatic N) is 2. The van der Waals surface area contributed by atoms with E-state index in [9.17, 15) is 9.18 Å². The maximum absolute atomic E-state index is 14.7. The van der Waals surface area contributed by atoms with Gasteiger partial charge >= 0.3 is 6.09 Å². The number of hydrogen-bond acceptors (Lipinski definition) is 8. The van der Waals surface area contributed by atoms with E-state index in [1.165, 1.54) is 18.5 Å². The second-order valence-electron chi connectivity index (χ2n) is 10.5. The van der Waals surface area contributed by atoms with E-state index in [2.05, 4.69) is 20.6 Å². The fourth-order valence-electron chi connectivity index (χ4n) is 4.32. The third-order valence-electron chi connectivity index (χ3n) is 6.28. The standard InChI is InChI=1S/C27H29Cl2FN4O5/c1-27(2,3)39-26(35)33-14-8-16(9-14)38-21-10-17-20(11-22(21)37-15-6-7-36-12-15)31-13-32-25(17)34-19-5-4-18(28)23(29)24(19)30/h4-5,10-11,13-16H,6-9,12H2,1-3H3,(H,33,35)(H,31,32,34)/t14?,15-,16?/m0/s1. The number of hydrogen-bond donors (Lipinski definition) is 2. The smallest absolute Gasteiger partial charge is 0.407 e. The molecule has 0 unspecified atom stereocenters. The van der Waals surface area contributed by atoms with Crippen molar-refractivity contribution in [2.24, 2.45) is 0 Å². The molecule has 9 nitrogen and oxygen atoms in total. The molecular formula is C27H29Cl2FN4O5. The lowest BCUT2D eigenvalue weighted by molar-refractivity contribution is 0.0352. The van der Waals surface area contributed by atoms with Crippen molar-refractivity contribution in [3.8, 4) is 11.5 Å². The van der Waals surface area contributed by atoms with E-state index in [-0.39, 0.29) is 34.0 Å². The molecule has 5 rings (SSSR count). The quantitative estimate of drug-likeness (QED) is 0.309. The molecule has 1 amide bonds. The number of rotatable bonds is 7. The number of alkyl carbamates (subject to hydrolysis) is 1. The second-order valence-corrected chi connectivity index (χ2v) is 11.3. The minimum absolute atomic E-state index is 0.0592. The van der Waals surface area contributed by atoms with Crippen LogP contribution < -0.4 is 20.1 Å². The van der Waals surface area contributed by atoms with Gasteiger partial charge in [0.2, 0.25) is 0 Å². The van der Waals surface area contributed by atoms with Crippen molar-refractivity contribution in [2.45, 2.75) is 63.9 Å². The summed E-state index contributed by atoms with van der Waals surface area (Å²) in [4.78, 5) is 20.8. The molecule has 2 aliphatic rings. The highest BCUT2D eigenvalue weighted by atomic mass is 35.5. The first-order valence-corrected chi connectivity index (χ1v) is 13.4. The zero-order chi connectivity index (χ0) is 27.7. The normalized spacial score (nSPS) is 20.8. The van der Waals surface area contributed by atoms with Gasteiger partial charge in [-0.25, -0.2) is 19.2 Å². The summed E-state index contributed by atoms with van der Waals surface area (Å²) in [5, 5.41) is 6.37. The van der Waals surface area contributed by atoms with Crippen molar-refractivity contribution in [2.75, 3.05) is 18.5 Å². The molecule has 2 aromatic carbocycles. The van der Waals surface area contributed by atoms with Gasteiger partial charge in [-0.15, -0.1) is 0 Å². The predicted molar refractivity (Wildman–Crippen MR) is 146 cm³/mol. The molecule has 1 atom stereocenters. The summed E-state index contributed by atoms with van der Waals surface area (Å²) in [5.41, 5.74) is 0.122. The van der Waals surface area contributed by atoms with Gasteiger partial charge in [0.15, 0.2) is 17.3 Å². The Morgan fingerprint density at radius 1 is 1.10 bits per heavy atom. The molecule has 1 aliphatic carbocycles. The van der Waals surface area contributed by atoms with E-state index < -0.39 is 17.5 Å². The largest absolute Gasteiger partial charge is 0.486 e. The van der Waals surface area contributed by atoms with Gasteiger partial charge in [-0.1, -0.05) is 23.2 Å². The molecule has 1 aliphatic heterocycles. The molecule has 39 heavy (non-hydrogen) atoms. The highest BCUT2D eigenvalue weighted by molar-refractivity contribution is 6.42. The van der Waals surface area contributed by atoms with Gasteiger partial charge in [0.05, 0.1) is 34.5 Å². The minimum atomic E-state index is -0.688. The average molecular weight is 579 g/mol. The molecule has 0 radical (unpaired) electrons. The summed E-state index contributed by atoms with van der Waals surface area (Å²) >= 11 is 11.9. The van der Waals surface area contributed by atoms with Gasteiger partial charge in [0, 0.05) is 36.8 Å². The van der Waals surface area contributed by atoms with Crippen molar-refractivity contribution in [1.82, 2.24) is 15.3 Å². The van der Waals surface area contributed by atoms with E-state index in [0.717, 1.165) is 6.42 Å². The van der Waals surface area contributed by atoms with Gasteiger partial charge in [0.25, 0.3) is 0 Å². The number of carbonyl (C=O) groups is 1. The monoisotopic (exact) mass is 578 g/mol. The number of carbonyl (C=O) groups excluding carboxylic acids is 1. The molecule has 2 heterocycles. The van der Waals surface area contributed by atoms with Gasteiger partial charge < -0.3 is 29.6 Å².